The number of amides is 2. The lowest BCUT2D eigenvalue weighted by Crippen LogP contribution is -2.41. The first-order chi connectivity index (χ1) is 16.1. The molecule has 2 amide bonds. The van der Waals surface area contributed by atoms with Gasteiger partial charge in [-0.3, -0.25) is 9.59 Å². The zero-order chi connectivity index (χ0) is 23.0. The van der Waals surface area contributed by atoms with E-state index in [1.54, 1.807) is 41.3 Å². The maximum atomic E-state index is 12.5. The van der Waals surface area contributed by atoms with Gasteiger partial charge in [0.05, 0.1) is 19.3 Å². The minimum Gasteiger partial charge on any atom is -0.493 e. The van der Waals surface area contributed by atoms with E-state index in [1.165, 1.54) is 7.11 Å². The fourth-order valence-corrected chi connectivity index (χ4v) is 3.37. The Balaban J connectivity index is 1.39. The smallest absolute Gasteiger partial charge is 0.265 e. The zero-order valence-electron chi connectivity index (χ0n) is 18.2. The van der Waals surface area contributed by atoms with E-state index >= 15 is 0 Å². The highest BCUT2D eigenvalue weighted by atomic mass is 16.5. The molecule has 8 heteroatoms. The number of anilines is 2. The molecule has 3 aromatic rings. The van der Waals surface area contributed by atoms with Crippen LogP contribution in [0.15, 0.2) is 72.8 Å². The second-order valence-electron chi connectivity index (χ2n) is 7.17. The number of fused-ring (bicyclic) bond motifs is 1. The summed E-state index contributed by atoms with van der Waals surface area (Å²) in [7, 11) is 1.54. The Kier molecular flexibility index (Phi) is 6.94. The first-order valence-corrected chi connectivity index (χ1v) is 10.4. The van der Waals surface area contributed by atoms with Crippen molar-refractivity contribution >= 4 is 23.2 Å². The molecule has 1 aliphatic rings. The highest BCUT2D eigenvalue weighted by Gasteiger charge is 2.26. The molecule has 0 radical (unpaired) electrons. The van der Waals surface area contributed by atoms with Crippen LogP contribution in [0.5, 0.6) is 23.0 Å². The number of nitrogens with zero attached hydrogens (tertiary/aromatic N) is 1. The molecule has 0 unspecified atom stereocenters. The molecule has 0 saturated heterocycles. The highest BCUT2D eigenvalue weighted by Crippen LogP contribution is 2.34. The minimum absolute atomic E-state index is 0.0448. The summed E-state index contributed by atoms with van der Waals surface area (Å²) in [5, 5.41) is 2.79. The van der Waals surface area contributed by atoms with Gasteiger partial charge in [-0.25, -0.2) is 0 Å². The molecule has 1 heterocycles. The second-order valence-corrected chi connectivity index (χ2v) is 7.17. The molecule has 170 valence electrons. The largest absolute Gasteiger partial charge is 0.493 e. The van der Waals surface area contributed by atoms with E-state index in [-0.39, 0.29) is 25.0 Å². The Morgan fingerprint density at radius 2 is 1.76 bits per heavy atom. The molecule has 4 rings (SSSR count). The van der Waals surface area contributed by atoms with E-state index < -0.39 is 0 Å². The summed E-state index contributed by atoms with van der Waals surface area (Å²) in [6.07, 6.45) is 0. The molecule has 0 aromatic heterocycles. The van der Waals surface area contributed by atoms with Crippen molar-refractivity contribution in [1.82, 2.24) is 0 Å². The number of methoxy groups -OCH3 is 1. The Morgan fingerprint density at radius 3 is 2.55 bits per heavy atom. The van der Waals surface area contributed by atoms with Crippen molar-refractivity contribution < 1.29 is 28.5 Å². The number of ether oxygens (including phenoxy) is 4. The number of carbonyl (C=O) groups is 2. The van der Waals surface area contributed by atoms with Crippen molar-refractivity contribution in [2.24, 2.45) is 0 Å². The van der Waals surface area contributed by atoms with E-state index in [0.29, 0.717) is 41.8 Å². The lowest BCUT2D eigenvalue weighted by molar-refractivity contribution is -0.121. The van der Waals surface area contributed by atoms with Gasteiger partial charge < -0.3 is 29.2 Å². The normalized spacial score (nSPS) is 12.4. The highest BCUT2D eigenvalue weighted by molar-refractivity contribution is 5.99. The van der Waals surface area contributed by atoms with Crippen LogP contribution < -0.4 is 29.2 Å². The number of nitrogens with one attached hydrogen (secondary N) is 1. The molecule has 3 aromatic carbocycles. The van der Waals surface area contributed by atoms with Crippen LogP contribution >= 0.6 is 0 Å². The summed E-state index contributed by atoms with van der Waals surface area (Å²) in [5.74, 6) is 1.80. The average molecular weight is 448 g/mol. The van der Waals surface area contributed by atoms with Crippen molar-refractivity contribution in [3.63, 3.8) is 0 Å². The van der Waals surface area contributed by atoms with Gasteiger partial charge in [0.1, 0.15) is 18.1 Å². The zero-order valence-corrected chi connectivity index (χ0v) is 18.2. The fraction of sp³-hybridized carbons (Fsp3) is 0.200. The molecular weight excluding hydrogens is 424 g/mol. The quantitative estimate of drug-likeness (QED) is 0.539. The lowest BCUT2D eigenvalue weighted by Gasteiger charge is -2.29. The number of hydrogen-bond donors (Lipinski definition) is 1. The topological polar surface area (TPSA) is 86.3 Å². The second kappa shape index (κ2) is 10.4. The van der Waals surface area contributed by atoms with Crippen LogP contribution in [-0.2, 0) is 9.59 Å². The Labute approximate surface area is 191 Å². The summed E-state index contributed by atoms with van der Waals surface area (Å²) in [4.78, 5) is 26.5. The minimum atomic E-state index is -0.345. The third-order valence-electron chi connectivity index (χ3n) is 4.94. The Morgan fingerprint density at radius 1 is 1.00 bits per heavy atom. The molecule has 0 bridgehead atoms. The van der Waals surface area contributed by atoms with Crippen molar-refractivity contribution in [1.29, 1.82) is 0 Å². The average Bonchev–Trinajstić information content (AvgIpc) is 2.85. The predicted molar refractivity (Wildman–Crippen MR) is 123 cm³/mol. The van der Waals surface area contributed by atoms with Gasteiger partial charge in [0, 0.05) is 5.69 Å². The van der Waals surface area contributed by atoms with Gasteiger partial charge in [0.2, 0.25) is 0 Å². The van der Waals surface area contributed by atoms with E-state index in [4.69, 9.17) is 18.9 Å². The third-order valence-corrected chi connectivity index (χ3v) is 4.94. The van der Waals surface area contributed by atoms with E-state index in [0.717, 1.165) is 5.75 Å². The Hall–Kier alpha value is -4.20. The van der Waals surface area contributed by atoms with Crippen molar-refractivity contribution in [2.45, 2.75) is 0 Å². The van der Waals surface area contributed by atoms with Gasteiger partial charge in [0.15, 0.2) is 24.7 Å². The summed E-state index contributed by atoms with van der Waals surface area (Å²) < 4.78 is 22.1. The van der Waals surface area contributed by atoms with Crippen LogP contribution in [0.4, 0.5) is 11.4 Å². The molecule has 0 atom stereocenters. The summed E-state index contributed by atoms with van der Waals surface area (Å²) in [6, 6.07) is 21.6. The van der Waals surface area contributed by atoms with Gasteiger partial charge in [-0.15, -0.1) is 0 Å². The lowest BCUT2D eigenvalue weighted by atomic mass is 10.2. The molecule has 0 spiro atoms. The Bertz CT molecular complexity index is 1120. The first-order valence-electron chi connectivity index (χ1n) is 10.4. The maximum absolute atomic E-state index is 12.5. The number of rotatable bonds is 9. The number of carbonyl (C=O) groups excluding carboxylic acids is 2. The number of benzene rings is 3. The van der Waals surface area contributed by atoms with Crippen molar-refractivity contribution in [3.05, 3.63) is 72.8 Å². The molecular formula is C25H24N2O6. The van der Waals surface area contributed by atoms with Gasteiger partial charge >= 0.3 is 0 Å². The summed E-state index contributed by atoms with van der Waals surface area (Å²) in [5.41, 5.74) is 1.10. The van der Waals surface area contributed by atoms with Crippen LogP contribution in [0.2, 0.25) is 0 Å². The van der Waals surface area contributed by atoms with Gasteiger partial charge in [0.25, 0.3) is 11.8 Å². The maximum Gasteiger partial charge on any atom is 0.265 e. The van der Waals surface area contributed by atoms with E-state index in [1.807, 2.05) is 36.4 Å². The van der Waals surface area contributed by atoms with Crippen molar-refractivity contribution in [2.75, 3.05) is 43.7 Å². The van der Waals surface area contributed by atoms with E-state index in [9.17, 15) is 9.59 Å². The van der Waals surface area contributed by atoms with Crippen LogP contribution in [0.25, 0.3) is 0 Å². The number of para-hydroxylation sites is 3. The molecule has 0 aliphatic carbocycles. The van der Waals surface area contributed by atoms with E-state index in [2.05, 4.69) is 5.32 Å². The van der Waals surface area contributed by atoms with Gasteiger partial charge in [-0.1, -0.05) is 30.3 Å². The molecule has 1 N–H and O–H groups in total. The molecule has 33 heavy (non-hydrogen) atoms. The van der Waals surface area contributed by atoms with Crippen LogP contribution in [0, 0.1) is 0 Å². The summed E-state index contributed by atoms with van der Waals surface area (Å²) in [6.45, 7) is 0.426. The van der Waals surface area contributed by atoms with Crippen molar-refractivity contribution in [3.8, 4) is 23.0 Å². The number of hydrogen-bond acceptors (Lipinski definition) is 6. The van der Waals surface area contributed by atoms with Gasteiger partial charge in [-0.05, 0) is 42.5 Å². The standard InChI is InChI=1S/C25H24N2O6/c1-30-22-9-5-6-10-23(22)32-16-24(28)26-18-11-12-21-20(15-18)27(25(29)17-33-21)13-14-31-19-7-3-2-4-8-19/h2-12,15H,13-14,16-17H2,1H3,(H,26,28). The fourth-order valence-electron chi connectivity index (χ4n) is 3.37. The SMILES string of the molecule is COc1ccccc1OCC(=O)Nc1ccc2c(c1)N(CCOc1ccccc1)C(=O)CO2. The molecule has 0 fully saturated rings. The van der Waals surface area contributed by atoms with Crippen LogP contribution in [-0.4, -0.2) is 45.3 Å². The first kappa shape index (κ1) is 22.0. The van der Waals surface area contributed by atoms with Crippen LogP contribution in [0.1, 0.15) is 0 Å². The predicted octanol–water partition coefficient (Wildman–Crippen LogP) is 3.52. The molecule has 1 aliphatic heterocycles. The molecule has 8 nitrogen and oxygen atoms in total. The third kappa shape index (κ3) is 5.54. The molecule has 0 saturated carbocycles. The van der Waals surface area contributed by atoms with Gasteiger partial charge in [-0.2, -0.15) is 0 Å². The van der Waals surface area contributed by atoms with Crippen LogP contribution in [0.3, 0.4) is 0 Å². The monoisotopic (exact) mass is 448 g/mol. The summed E-state index contributed by atoms with van der Waals surface area (Å²) >= 11 is 0.